The maximum atomic E-state index is 9.16. The van der Waals surface area contributed by atoms with Crippen molar-refractivity contribution < 1.29 is 5.11 Å². The first-order valence-electron chi connectivity index (χ1n) is 4.80. The molecule has 2 aromatic rings. The Bertz CT molecular complexity index is 408. The van der Waals surface area contributed by atoms with E-state index in [1.54, 1.807) is 24.5 Å². The molecule has 1 aromatic heterocycles. The maximum Gasteiger partial charge on any atom is 0.115 e. The summed E-state index contributed by atoms with van der Waals surface area (Å²) in [4.78, 5) is 0. The normalized spacial score (nSPS) is 12.3. The van der Waals surface area contributed by atoms with Gasteiger partial charge in [-0.3, -0.25) is 5.10 Å². The fraction of sp³-hybridized carbons (Fsp3) is 0.182. The van der Waals surface area contributed by atoms with Gasteiger partial charge >= 0.3 is 0 Å². The van der Waals surface area contributed by atoms with Crippen LogP contribution in [0.25, 0.3) is 0 Å². The minimum Gasteiger partial charge on any atom is -0.508 e. The van der Waals surface area contributed by atoms with Crippen LogP contribution in [0.2, 0.25) is 0 Å². The smallest absolute Gasteiger partial charge is 0.115 e. The standard InChI is InChI=1S/C11H13N3O/c1-8(14-10-6-12-13-7-10)9-2-4-11(15)5-3-9/h2-8,14-15H,1H3,(H,12,13)/t8-/m0/s1. The van der Waals surface area contributed by atoms with Crippen LogP contribution >= 0.6 is 0 Å². The highest BCUT2D eigenvalue weighted by molar-refractivity contribution is 5.41. The van der Waals surface area contributed by atoms with Gasteiger partial charge in [-0.05, 0) is 24.6 Å². The first kappa shape index (κ1) is 9.58. The largest absolute Gasteiger partial charge is 0.508 e. The number of H-pyrrole nitrogens is 1. The topological polar surface area (TPSA) is 60.9 Å². The predicted molar refractivity (Wildman–Crippen MR) is 58.7 cm³/mol. The quantitative estimate of drug-likeness (QED) is 0.717. The molecule has 0 spiro atoms. The van der Waals surface area contributed by atoms with Gasteiger partial charge in [-0.25, -0.2) is 0 Å². The van der Waals surface area contributed by atoms with Crippen molar-refractivity contribution in [1.82, 2.24) is 10.2 Å². The molecule has 3 N–H and O–H groups in total. The summed E-state index contributed by atoms with van der Waals surface area (Å²) in [6.45, 7) is 2.05. The van der Waals surface area contributed by atoms with E-state index in [4.69, 9.17) is 5.11 Å². The SMILES string of the molecule is C[C@H](Nc1cn[nH]c1)c1ccc(O)cc1. The molecule has 15 heavy (non-hydrogen) atoms. The summed E-state index contributed by atoms with van der Waals surface area (Å²) in [5.41, 5.74) is 2.07. The van der Waals surface area contributed by atoms with E-state index in [1.165, 1.54) is 0 Å². The highest BCUT2D eigenvalue weighted by Gasteiger charge is 2.05. The number of nitrogens with zero attached hydrogens (tertiary/aromatic N) is 1. The van der Waals surface area contributed by atoms with Crippen molar-refractivity contribution >= 4 is 5.69 Å². The summed E-state index contributed by atoms with van der Waals surface area (Å²) in [5.74, 6) is 0.286. The minimum absolute atomic E-state index is 0.184. The summed E-state index contributed by atoms with van der Waals surface area (Å²) in [5, 5.41) is 19.0. The molecule has 0 bridgehead atoms. The number of rotatable bonds is 3. The van der Waals surface area contributed by atoms with E-state index in [0.717, 1.165) is 11.3 Å². The number of nitrogens with one attached hydrogen (secondary N) is 2. The lowest BCUT2D eigenvalue weighted by Gasteiger charge is -2.13. The van der Waals surface area contributed by atoms with Gasteiger partial charge in [0.2, 0.25) is 0 Å². The zero-order chi connectivity index (χ0) is 10.7. The van der Waals surface area contributed by atoms with Crippen LogP contribution in [0.15, 0.2) is 36.7 Å². The van der Waals surface area contributed by atoms with Crippen molar-refractivity contribution in [2.75, 3.05) is 5.32 Å². The molecule has 1 aromatic carbocycles. The highest BCUT2D eigenvalue weighted by atomic mass is 16.3. The van der Waals surface area contributed by atoms with Crippen LogP contribution in [0.4, 0.5) is 5.69 Å². The van der Waals surface area contributed by atoms with E-state index < -0.39 is 0 Å². The van der Waals surface area contributed by atoms with Crippen LogP contribution in [0.1, 0.15) is 18.5 Å². The maximum absolute atomic E-state index is 9.16. The molecule has 4 nitrogen and oxygen atoms in total. The Morgan fingerprint density at radius 3 is 2.67 bits per heavy atom. The minimum atomic E-state index is 0.184. The second-order valence-corrected chi connectivity index (χ2v) is 3.44. The number of aromatic nitrogens is 2. The molecule has 0 saturated heterocycles. The highest BCUT2D eigenvalue weighted by Crippen LogP contribution is 2.20. The van der Waals surface area contributed by atoms with Crippen molar-refractivity contribution in [2.45, 2.75) is 13.0 Å². The van der Waals surface area contributed by atoms with Crippen LogP contribution in [-0.2, 0) is 0 Å². The van der Waals surface area contributed by atoms with Gasteiger partial charge in [-0.15, -0.1) is 0 Å². The predicted octanol–water partition coefficient (Wildman–Crippen LogP) is 2.29. The monoisotopic (exact) mass is 203 g/mol. The second-order valence-electron chi connectivity index (χ2n) is 3.44. The average molecular weight is 203 g/mol. The number of aromatic hydroxyl groups is 1. The fourth-order valence-corrected chi connectivity index (χ4v) is 1.43. The molecule has 1 atom stereocenters. The van der Waals surface area contributed by atoms with Gasteiger partial charge in [-0.2, -0.15) is 5.10 Å². The number of phenolic OH excluding ortho intramolecular Hbond substituents is 1. The fourth-order valence-electron chi connectivity index (χ4n) is 1.43. The molecule has 0 radical (unpaired) electrons. The van der Waals surface area contributed by atoms with Gasteiger partial charge in [0.05, 0.1) is 11.9 Å². The van der Waals surface area contributed by atoms with Gasteiger partial charge in [-0.1, -0.05) is 12.1 Å². The van der Waals surface area contributed by atoms with Gasteiger partial charge in [0.1, 0.15) is 5.75 Å². The Balaban J connectivity index is 2.08. The van der Waals surface area contributed by atoms with Crippen molar-refractivity contribution in [3.63, 3.8) is 0 Å². The van der Waals surface area contributed by atoms with E-state index in [9.17, 15) is 0 Å². The number of aromatic amines is 1. The number of hydrogen-bond acceptors (Lipinski definition) is 3. The van der Waals surface area contributed by atoms with Gasteiger partial charge < -0.3 is 10.4 Å². The van der Waals surface area contributed by atoms with Crippen LogP contribution in [-0.4, -0.2) is 15.3 Å². The molecule has 0 aliphatic rings. The van der Waals surface area contributed by atoms with Gasteiger partial charge in [0, 0.05) is 12.2 Å². The van der Waals surface area contributed by atoms with E-state index in [2.05, 4.69) is 22.4 Å². The zero-order valence-corrected chi connectivity index (χ0v) is 8.44. The van der Waals surface area contributed by atoms with E-state index in [1.807, 2.05) is 12.1 Å². The van der Waals surface area contributed by atoms with Crippen LogP contribution in [0.5, 0.6) is 5.75 Å². The molecule has 0 saturated carbocycles. The summed E-state index contributed by atoms with van der Waals surface area (Å²) >= 11 is 0. The Hall–Kier alpha value is -1.97. The third kappa shape index (κ3) is 2.28. The molecular formula is C11H13N3O. The number of benzene rings is 1. The third-order valence-corrected chi connectivity index (χ3v) is 2.27. The van der Waals surface area contributed by atoms with Crippen molar-refractivity contribution in [3.05, 3.63) is 42.2 Å². The first-order valence-corrected chi connectivity index (χ1v) is 4.80. The van der Waals surface area contributed by atoms with Crippen molar-refractivity contribution in [2.24, 2.45) is 0 Å². The summed E-state index contributed by atoms with van der Waals surface area (Å²) < 4.78 is 0. The van der Waals surface area contributed by atoms with Crippen LogP contribution in [0, 0.1) is 0 Å². The average Bonchev–Trinajstić information content (AvgIpc) is 2.71. The molecule has 0 unspecified atom stereocenters. The number of anilines is 1. The summed E-state index contributed by atoms with van der Waals surface area (Å²) in [6, 6.07) is 7.34. The lowest BCUT2D eigenvalue weighted by molar-refractivity contribution is 0.475. The Morgan fingerprint density at radius 2 is 2.07 bits per heavy atom. The van der Waals surface area contributed by atoms with Crippen molar-refractivity contribution in [3.8, 4) is 5.75 Å². The molecule has 0 aliphatic carbocycles. The molecule has 0 aliphatic heterocycles. The van der Waals surface area contributed by atoms with Gasteiger partial charge in [0.15, 0.2) is 0 Å². The Kier molecular flexibility index (Phi) is 2.58. The molecule has 2 rings (SSSR count). The molecule has 1 heterocycles. The molecule has 0 fully saturated rings. The van der Waals surface area contributed by atoms with E-state index in [-0.39, 0.29) is 11.8 Å². The first-order chi connectivity index (χ1) is 7.25. The lowest BCUT2D eigenvalue weighted by atomic mass is 10.1. The Labute approximate surface area is 88.0 Å². The Morgan fingerprint density at radius 1 is 1.33 bits per heavy atom. The molecule has 4 heteroatoms. The van der Waals surface area contributed by atoms with E-state index in [0.29, 0.717) is 0 Å². The second kappa shape index (κ2) is 4.04. The molecular weight excluding hydrogens is 190 g/mol. The zero-order valence-electron chi connectivity index (χ0n) is 8.44. The third-order valence-electron chi connectivity index (χ3n) is 2.27. The van der Waals surface area contributed by atoms with Crippen LogP contribution in [0.3, 0.4) is 0 Å². The summed E-state index contributed by atoms with van der Waals surface area (Å²) in [7, 11) is 0. The lowest BCUT2D eigenvalue weighted by Crippen LogP contribution is -2.05. The summed E-state index contributed by atoms with van der Waals surface area (Å²) in [6.07, 6.45) is 3.54. The number of phenols is 1. The molecule has 78 valence electrons. The van der Waals surface area contributed by atoms with Crippen LogP contribution < -0.4 is 5.32 Å². The van der Waals surface area contributed by atoms with Gasteiger partial charge in [0.25, 0.3) is 0 Å². The number of hydrogen-bond donors (Lipinski definition) is 3. The van der Waals surface area contributed by atoms with Crippen molar-refractivity contribution in [1.29, 1.82) is 0 Å². The molecule has 0 amide bonds. The van der Waals surface area contributed by atoms with E-state index >= 15 is 0 Å².